The highest BCUT2D eigenvalue weighted by Gasteiger charge is 2.16. The number of aromatic amines is 1. The number of benzene rings is 2. The molecule has 0 bridgehead atoms. The standard InChI is InChI=1S/C13H9ClN4O.C10H7N/c14-10-5-8(1-2-9(10)6-17-19)11-3-4-12-13(18-11)16-7-15-12;1-2-7-4-8-5-9(8)6-10(7)11-3-1/h1-5,7H,6H2,(H,15,16,18);1-4,6H,5H2. The molecule has 3 aromatic heterocycles. The molecule has 30 heavy (non-hydrogen) atoms. The van der Waals surface area contributed by atoms with Gasteiger partial charge in [0.15, 0.2) is 5.65 Å². The first-order valence-electron chi connectivity index (χ1n) is 9.46. The van der Waals surface area contributed by atoms with Crippen LogP contribution in [-0.2, 0) is 13.0 Å². The average Bonchev–Trinajstić information content (AvgIpc) is 3.36. The number of nitroso groups, excluding NO2 is 1. The van der Waals surface area contributed by atoms with E-state index in [1.807, 2.05) is 30.5 Å². The van der Waals surface area contributed by atoms with Crippen molar-refractivity contribution in [2.24, 2.45) is 5.18 Å². The number of rotatable bonds is 3. The maximum Gasteiger partial charge on any atom is 0.177 e. The Hall–Kier alpha value is -3.64. The molecular formula is C23H16ClN5O. The molecule has 1 aliphatic rings. The monoisotopic (exact) mass is 413 g/mol. The van der Waals surface area contributed by atoms with E-state index in [1.54, 1.807) is 18.5 Å². The van der Waals surface area contributed by atoms with Gasteiger partial charge in [-0.05, 0) is 59.5 Å². The summed E-state index contributed by atoms with van der Waals surface area (Å²) in [5, 5.41) is 4.62. The summed E-state index contributed by atoms with van der Waals surface area (Å²) in [4.78, 5) is 26.1. The summed E-state index contributed by atoms with van der Waals surface area (Å²) in [5.41, 5.74) is 8.01. The van der Waals surface area contributed by atoms with E-state index in [-0.39, 0.29) is 6.54 Å². The Balaban J connectivity index is 0.000000147. The van der Waals surface area contributed by atoms with Gasteiger partial charge >= 0.3 is 0 Å². The Morgan fingerprint density at radius 3 is 2.80 bits per heavy atom. The predicted octanol–water partition coefficient (Wildman–Crippen LogP) is 5.68. The Bertz CT molecular complexity index is 1350. The number of pyridine rings is 2. The highest BCUT2D eigenvalue weighted by molar-refractivity contribution is 6.31. The second kappa shape index (κ2) is 7.65. The minimum absolute atomic E-state index is 0.0743. The van der Waals surface area contributed by atoms with E-state index in [9.17, 15) is 4.91 Å². The molecule has 0 fully saturated rings. The zero-order valence-corrected chi connectivity index (χ0v) is 16.6. The lowest BCUT2D eigenvalue weighted by molar-refractivity contribution is 1.06. The second-order valence-electron chi connectivity index (χ2n) is 7.06. The predicted molar refractivity (Wildman–Crippen MR) is 118 cm³/mol. The molecule has 0 saturated heterocycles. The molecule has 6 nitrogen and oxygen atoms in total. The maximum absolute atomic E-state index is 10.3. The van der Waals surface area contributed by atoms with Crippen LogP contribution in [0.2, 0.25) is 5.02 Å². The molecule has 7 heteroatoms. The van der Waals surface area contributed by atoms with Crippen LogP contribution in [0.1, 0.15) is 16.7 Å². The zero-order valence-electron chi connectivity index (χ0n) is 15.8. The van der Waals surface area contributed by atoms with Gasteiger partial charge in [-0.1, -0.05) is 35.0 Å². The lowest BCUT2D eigenvalue weighted by Crippen LogP contribution is -1.88. The van der Waals surface area contributed by atoms with Crippen LogP contribution in [0, 0.1) is 4.91 Å². The van der Waals surface area contributed by atoms with Crippen molar-refractivity contribution in [1.29, 1.82) is 0 Å². The van der Waals surface area contributed by atoms with Crippen LogP contribution in [0.15, 0.2) is 72.3 Å². The number of nitrogens with zero attached hydrogens (tertiary/aromatic N) is 4. The Morgan fingerprint density at radius 2 is 1.93 bits per heavy atom. The van der Waals surface area contributed by atoms with Crippen molar-refractivity contribution in [3.8, 4) is 11.3 Å². The largest absolute Gasteiger partial charge is 0.343 e. The topological polar surface area (TPSA) is 83.9 Å². The van der Waals surface area contributed by atoms with Crippen LogP contribution >= 0.6 is 11.6 Å². The molecule has 0 saturated carbocycles. The maximum atomic E-state index is 10.3. The number of fused-ring (bicyclic) bond motifs is 3. The van der Waals surface area contributed by atoms with Gasteiger partial charge in [0.05, 0.1) is 23.1 Å². The first-order valence-corrected chi connectivity index (χ1v) is 9.83. The number of nitrogens with one attached hydrogen (secondary N) is 1. The third-order valence-electron chi connectivity index (χ3n) is 5.05. The van der Waals surface area contributed by atoms with E-state index >= 15 is 0 Å². The van der Waals surface area contributed by atoms with Crippen molar-refractivity contribution >= 4 is 33.7 Å². The summed E-state index contributed by atoms with van der Waals surface area (Å²) < 4.78 is 0. The first kappa shape index (κ1) is 18.4. The average molecular weight is 414 g/mol. The number of hydrogen-bond acceptors (Lipinski definition) is 5. The smallest absolute Gasteiger partial charge is 0.177 e. The molecule has 146 valence electrons. The normalized spacial score (nSPS) is 11.6. The molecule has 0 atom stereocenters. The van der Waals surface area contributed by atoms with Crippen molar-refractivity contribution < 1.29 is 0 Å². The minimum Gasteiger partial charge on any atom is -0.343 e. The summed E-state index contributed by atoms with van der Waals surface area (Å²) in [5.74, 6) is 0. The fourth-order valence-electron chi connectivity index (χ4n) is 3.36. The molecule has 0 unspecified atom stereocenters. The SMILES string of the molecule is O=NCc1ccc(-c2ccc3[nH]cnc3n2)cc1Cl.c1cnc2cc3c(cc2c1)C3. The van der Waals surface area contributed by atoms with E-state index < -0.39 is 0 Å². The van der Waals surface area contributed by atoms with Crippen LogP contribution in [0.25, 0.3) is 33.3 Å². The first-order chi connectivity index (χ1) is 14.7. The number of halogens is 1. The second-order valence-corrected chi connectivity index (χ2v) is 7.46. The molecule has 0 spiro atoms. The van der Waals surface area contributed by atoms with Crippen molar-refractivity contribution in [2.45, 2.75) is 13.0 Å². The Kier molecular flexibility index (Phi) is 4.69. The van der Waals surface area contributed by atoms with Gasteiger partial charge in [0, 0.05) is 22.2 Å². The van der Waals surface area contributed by atoms with Crippen LogP contribution in [0.4, 0.5) is 0 Å². The van der Waals surface area contributed by atoms with Gasteiger partial charge in [-0.3, -0.25) is 4.98 Å². The van der Waals surface area contributed by atoms with Crippen LogP contribution in [0.3, 0.4) is 0 Å². The molecule has 6 rings (SSSR count). The highest BCUT2D eigenvalue weighted by atomic mass is 35.5. The number of hydrogen-bond donors (Lipinski definition) is 1. The molecule has 0 amide bonds. The van der Waals surface area contributed by atoms with Gasteiger partial charge in [0.1, 0.15) is 6.54 Å². The molecule has 3 heterocycles. The van der Waals surface area contributed by atoms with Gasteiger partial charge in [0.2, 0.25) is 0 Å². The lowest BCUT2D eigenvalue weighted by atomic mass is 10.1. The molecule has 5 aromatic rings. The van der Waals surface area contributed by atoms with Crippen molar-refractivity contribution in [2.75, 3.05) is 0 Å². The van der Waals surface area contributed by atoms with Gasteiger partial charge in [-0.2, -0.15) is 4.91 Å². The van der Waals surface area contributed by atoms with Gasteiger partial charge in [0.25, 0.3) is 0 Å². The number of imidazole rings is 1. The fraction of sp³-hybridized carbons (Fsp3) is 0.0870. The Morgan fingerprint density at radius 1 is 1.03 bits per heavy atom. The van der Waals surface area contributed by atoms with Crippen molar-refractivity contribution in [1.82, 2.24) is 19.9 Å². The van der Waals surface area contributed by atoms with Gasteiger partial charge < -0.3 is 4.98 Å². The quantitative estimate of drug-likeness (QED) is 0.378. The van der Waals surface area contributed by atoms with Crippen LogP contribution in [-0.4, -0.2) is 19.9 Å². The summed E-state index contributed by atoms with van der Waals surface area (Å²) >= 11 is 6.11. The van der Waals surface area contributed by atoms with Crippen LogP contribution in [0.5, 0.6) is 0 Å². The molecule has 0 aliphatic heterocycles. The summed E-state index contributed by atoms with van der Waals surface area (Å²) in [6.07, 6.45) is 4.63. The number of H-pyrrole nitrogens is 1. The zero-order chi connectivity index (χ0) is 20.5. The summed E-state index contributed by atoms with van der Waals surface area (Å²) in [6.45, 7) is 0.0743. The summed E-state index contributed by atoms with van der Waals surface area (Å²) in [6, 6.07) is 17.8. The van der Waals surface area contributed by atoms with Crippen LogP contribution < -0.4 is 0 Å². The lowest BCUT2D eigenvalue weighted by Gasteiger charge is -2.04. The fourth-order valence-corrected chi connectivity index (χ4v) is 3.60. The van der Waals surface area contributed by atoms with E-state index in [0.717, 1.165) is 22.3 Å². The third-order valence-corrected chi connectivity index (χ3v) is 5.40. The van der Waals surface area contributed by atoms with E-state index in [4.69, 9.17) is 11.6 Å². The third kappa shape index (κ3) is 3.65. The van der Waals surface area contributed by atoms with Crippen molar-refractivity contribution in [3.05, 3.63) is 93.7 Å². The molecular weight excluding hydrogens is 398 g/mol. The minimum atomic E-state index is 0.0743. The van der Waals surface area contributed by atoms with Crippen molar-refractivity contribution in [3.63, 3.8) is 0 Å². The highest BCUT2D eigenvalue weighted by Crippen LogP contribution is 2.31. The molecule has 1 N–H and O–H groups in total. The molecule has 2 aromatic carbocycles. The van der Waals surface area contributed by atoms with E-state index in [0.29, 0.717) is 16.2 Å². The summed E-state index contributed by atoms with van der Waals surface area (Å²) in [7, 11) is 0. The molecule has 1 aliphatic carbocycles. The van der Waals surface area contributed by atoms with Gasteiger partial charge in [-0.25, -0.2) is 9.97 Å². The number of aromatic nitrogens is 4. The van der Waals surface area contributed by atoms with Gasteiger partial charge in [-0.15, -0.1) is 0 Å². The van der Waals surface area contributed by atoms with E-state index in [2.05, 4.69) is 43.3 Å². The Labute approximate surface area is 177 Å². The molecule has 0 radical (unpaired) electrons. The van der Waals surface area contributed by atoms with E-state index in [1.165, 1.54) is 22.9 Å².